The van der Waals surface area contributed by atoms with Crippen molar-refractivity contribution in [2.24, 2.45) is 0 Å². The zero-order valence-electron chi connectivity index (χ0n) is 13.0. The van der Waals surface area contributed by atoms with Gasteiger partial charge in [-0.1, -0.05) is 0 Å². The van der Waals surface area contributed by atoms with Crippen molar-refractivity contribution in [1.29, 1.82) is 0 Å². The number of hydrogen-bond acceptors (Lipinski definition) is 5. The summed E-state index contributed by atoms with van der Waals surface area (Å²) in [5.41, 5.74) is -0.555. The highest BCUT2D eigenvalue weighted by molar-refractivity contribution is 5.74. The van der Waals surface area contributed by atoms with Crippen LogP contribution in [0, 0.1) is 0 Å². The van der Waals surface area contributed by atoms with Crippen molar-refractivity contribution in [1.82, 2.24) is 10.2 Å². The van der Waals surface area contributed by atoms with Crippen LogP contribution >= 0.6 is 0 Å². The topological polar surface area (TPSA) is 92.0 Å². The highest BCUT2D eigenvalue weighted by atomic mass is 16.6. The van der Waals surface area contributed by atoms with Gasteiger partial charge in [0, 0.05) is 19.1 Å². The standard InChI is InChI=1S/C15H22N2O5/c1-15(2,3)22-14(20)16-10-6-7-17(9-10)12(13(18)19)11-5-4-8-21-11/h4-5,8,10,12H,6-7,9H2,1-3H3,(H,16,20)(H,18,19)/t10-,12+/m1/s1. The second-order valence-corrected chi connectivity index (χ2v) is 6.38. The van der Waals surface area contributed by atoms with Crippen molar-refractivity contribution in [2.75, 3.05) is 13.1 Å². The third-order valence-corrected chi connectivity index (χ3v) is 3.35. The SMILES string of the molecule is CC(C)(C)OC(=O)N[C@@H]1CCN([C@H](C(=O)O)c2ccco2)C1. The van der Waals surface area contributed by atoms with E-state index in [1.165, 1.54) is 6.26 Å². The molecule has 1 aromatic heterocycles. The van der Waals surface area contributed by atoms with Crippen LogP contribution < -0.4 is 5.32 Å². The largest absolute Gasteiger partial charge is 0.480 e. The Hall–Kier alpha value is -2.02. The van der Waals surface area contributed by atoms with Crippen molar-refractivity contribution in [2.45, 2.75) is 44.9 Å². The summed E-state index contributed by atoms with van der Waals surface area (Å²) in [6.45, 7) is 6.40. The number of likely N-dealkylation sites (tertiary alicyclic amines) is 1. The second-order valence-electron chi connectivity index (χ2n) is 6.38. The molecule has 0 saturated carbocycles. The number of aliphatic carboxylic acids is 1. The number of carbonyl (C=O) groups excluding carboxylic acids is 1. The van der Waals surface area contributed by atoms with Crippen LogP contribution in [0.4, 0.5) is 4.79 Å². The highest BCUT2D eigenvalue weighted by Crippen LogP contribution is 2.26. The number of ether oxygens (including phenoxy) is 1. The molecule has 1 fully saturated rings. The molecule has 0 aromatic carbocycles. The summed E-state index contributed by atoms with van der Waals surface area (Å²) in [6, 6.07) is 2.35. The van der Waals surface area contributed by atoms with E-state index in [4.69, 9.17) is 9.15 Å². The van der Waals surface area contributed by atoms with Crippen molar-refractivity contribution >= 4 is 12.1 Å². The number of nitrogens with zero attached hydrogens (tertiary/aromatic N) is 1. The molecule has 1 aliphatic heterocycles. The molecule has 1 saturated heterocycles. The summed E-state index contributed by atoms with van der Waals surface area (Å²) >= 11 is 0. The molecule has 0 bridgehead atoms. The van der Waals surface area contributed by atoms with Crippen LogP contribution in [0.1, 0.15) is 39.0 Å². The monoisotopic (exact) mass is 310 g/mol. The van der Waals surface area contributed by atoms with Gasteiger partial charge in [0.2, 0.25) is 0 Å². The molecule has 1 aliphatic rings. The molecular formula is C15H22N2O5. The van der Waals surface area contributed by atoms with E-state index in [1.807, 2.05) is 0 Å². The van der Waals surface area contributed by atoms with E-state index in [2.05, 4.69) is 5.32 Å². The zero-order valence-corrected chi connectivity index (χ0v) is 13.0. The van der Waals surface area contributed by atoms with E-state index >= 15 is 0 Å². The third kappa shape index (κ3) is 4.24. The second kappa shape index (κ2) is 6.39. The quantitative estimate of drug-likeness (QED) is 0.884. The van der Waals surface area contributed by atoms with Crippen molar-refractivity contribution in [3.63, 3.8) is 0 Å². The lowest BCUT2D eigenvalue weighted by Crippen LogP contribution is -2.41. The molecule has 0 spiro atoms. The first-order chi connectivity index (χ1) is 10.3. The number of rotatable bonds is 4. The van der Waals surface area contributed by atoms with Gasteiger partial charge >= 0.3 is 12.1 Å². The fraction of sp³-hybridized carbons (Fsp3) is 0.600. The van der Waals surface area contributed by atoms with E-state index in [1.54, 1.807) is 37.8 Å². The number of alkyl carbamates (subject to hydrolysis) is 1. The van der Waals surface area contributed by atoms with Gasteiger partial charge in [0.05, 0.1) is 6.26 Å². The van der Waals surface area contributed by atoms with Crippen LogP contribution in [-0.4, -0.2) is 46.8 Å². The summed E-state index contributed by atoms with van der Waals surface area (Å²) in [6.07, 6.45) is 1.64. The van der Waals surface area contributed by atoms with Crippen molar-refractivity contribution < 1.29 is 23.8 Å². The Morgan fingerprint density at radius 3 is 2.77 bits per heavy atom. The summed E-state index contributed by atoms with van der Waals surface area (Å²) in [5, 5.41) is 12.2. The van der Waals surface area contributed by atoms with Crippen LogP contribution in [0.25, 0.3) is 0 Å². The maximum atomic E-state index is 11.8. The minimum atomic E-state index is -0.965. The molecular weight excluding hydrogens is 288 g/mol. The van der Waals surface area contributed by atoms with E-state index in [-0.39, 0.29) is 6.04 Å². The van der Waals surface area contributed by atoms with Crippen molar-refractivity contribution in [3.8, 4) is 0 Å². The molecule has 0 radical (unpaired) electrons. The molecule has 1 aromatic rings. The van der Waals surface area contributed by atoms with Crippen LogP contribution in [0.3, 0.4) is 0 Å². The Morgan fingerprint density at radius 1 is 1.50 bits per heavy atom. The summed E-state index contributed by atoms with van der Waals surface area (Å²) in [7, 11) is 0. The first-order valence-electron chi connectivity index (χ1n) is 7.26. The Balaban J connectivity index is 1.94. The summed E-state index contributed by atoms with van der Waals surface area (Å²) in [5.74, 6) is -0.571. The lowest BCUT2D eigenvalue weighted by Gasteiger charge is -2.24. The highest BCUT2D eigenvalue weighted by Gasteiger charge is 2.36. The van der Waals surface area contributed by atoms with Gasteiger partial charge in [-0.15, -0.1) is 0 Å². The smallest absolute Gasteiger partial charge is 0.407 e. The molecule has 2 atom stereocenters. The summed E-state index contributed by atoms with van der Waals surface area (Å²) in [4.78, 5) is 25.0. The average molecular weight is 310 g/mol. The maximum Gasteiger partial charge on any atom is 0.407 e. The Morgan fingerprint density at radius 2 is 2.23 bits per heavy atom. The number of carbonyl (C=O) groups is 2. The summed E-state index contributed by atoms with van der Waals surface area (Å²) < 4.78 is 10.4. The molecule has 1 amide bonds. The molecule has 7 nitrogen and oxygen atoms in total. The number of amides is 1. The van der Waals surface area contributed by atoms with Gasteiger partial charge in [-0.25, -0.2) is 4.79 Å². The van der Waals surface area contributed by atoms with Gasteiger partial charge in [0.25, 0.3) is 0 Å². The van der Waals surface area contributed by atoms with Gasteiger partial charge < -0.3 is 19.6 Å². The molecule has 0 aliphatic carbocycles. The van der Waals surface area contributed by atoms with Gasteiger partial charge in [0.1, 0.15) is 11.4 Å². The first-order valence-corrected chi connectivity index (χ1v) is 7.26. The molecule has 2 rings (SSSR count). The third-order valence-electron chi connectivity index (χ3n) is 3.35. The Kier molecular flexibility index (Phi) is 4.75. The van der Waals surface area contributed by atoms with E-state index in [0.29, 0.717) is 25.3 Å². The van der Waals surface area contributed by atoms with Crippen molar-refractivity contribution in [3.05, 3.63) is 24.2 Å². The minimum absolute atomic E-state index is 0.133. The Bertz CT molecular complexity index is 521. The fourth-order valence-electron chi connectivity index (χ4n) is 2.52. The maximum absolute atomic E-state index is 11.8. The molecule has 0 unspecified atom stereocenters. The number of hydrogen-bond donors (Lipinski definition) is 2. The normalized spacial score (nSPS) is 20.6. The predicted octanol–water partition coefficient (Wildman–Crippen LogP) is 2.00. The number of nitrogens with one attached hydrogen (secondary N) is 1. The van der Waals surface area contributed by atoms with Gasteiger partial charge in [-0.05, 0) is 39.3 Å². The van der Waals surface area contributed by atoms with Gasteiger partial charge in [-0.3, -0.25) is 9.69 Å². The predicted molar refractivity (Wildman–Crippen MR) is 78.4 cm³/mol. The van der Waals surface area contributed by atoms with Crippen LogP contribution in [0.15, 0.2) is 22.8 Å². The number of carboxylic acid groups (broad SMARTS) is 1. The van der Waals surface area contributed by atoms with Gasteiger partial charge in [0.15, 0.2) is 6.04 Å². The molecule has 22 heavy (non-hydrogen) atoms. The average Bonchev–Trinajstić information content (AvgIpc) is 2.99. The number of carboxylic acids is 1. The Labute approximate surface area is 129 Å². The fourth-order valence-corrected chi connectivity index (χ4v) is 2.52. The number of furan rings is 1. The van der Waals surface area contributed by atoms with Crippen LogP contribution in [-0.2, 0) is 9.53 Å². The molecule has 2 heterocycles. The lowest BCUT2D eigenvalue weighted by atomic mass is 10.2. The lowest BCUT2D eigenvalue weighted by molar-refractivity contribution is -0.143. The van der Waals surface area contributed by atoms with E-state index < -0.39 is 23.7 Å². The first kappa shape index (κ1) is 16.4. The molecule has 122 valence electrons. The molecule has 7 heteroatoms. The van der Waals surface area contributed by atoms with Crippen LogP contribution in [0.5, 0.6) is 0 Å². The van der Waals surface area contributed by atoms with Gasteiger partial charge in [-0.2, -0.15) is 0 Å². The van der Waals surface area contributed by atoms with E-state index in [9.17, 15) is 14.7 Å². The minimum Gasteiger partial charge on any atom is -0.480 e. The van der Waals surface area contributed by atoms with Crippen LogP contribution in [0.2, 0.25) is 0 Å². The zero-order chi connectivity index (χ0) is 16.3. The molecule has 2 N–H and O–H groups in total. The van der Waals surface area contributed by atoms with E-state index in [0.717, 1.165) is 0 Å².